The van der Waals surface area contributed by atoms with Gasteiger partial charge in [-0.15, -0.1) is 0 Å². The molecule has 0 heterocycles. The van der Waals surface area contributed by atoms with Crippen LogP contribution < -0.4 is 11.1 Å². The summed E-state index contributed by atoms with van der Waals surface area (Å²) in [5, 5.41) is 11.5. The molecule has 0 aromatic rings. The van der Waals surface area contributed by atoms with Gasteiger partial charge in [0.2, 0.25) is 5.91 Å². The van der Waals surface area contributed by atoms with Crippen LogP contribution in [-0.2, 0) is 9.59 Å². The highest BCUT2D eigenvalue weighted by atomic mass is 16.4. The highest BCUT2D eigenvalue weighted by Gasteiger charge is 2.29. The summed E-state index contributed by atoms with van der Waals surface area (Å²) in [5.41, 5.74) is 5.48. The van der Waals surface area contributed by atoms with Crippen molar-refractivity contribution in [3.8, 4) is 0 Å². The van der Waals surface area contributed by atoms with Gasteiger partial charge in [0.05, 0.1) is 12.5 Å². The van der Waals surface area contributed by atoms with Crippen LogP contribution in [0.25, 0.3) is 0 Å². The SMILES string of the molecule is CCCC(CC(=O)O)NC(=O)[C@@H](N)C(C)(C)C. The topological polar surface area (TPSA) is 92.4 Å². The maximum Gasteiger partial charge on any atom is 0.305 e. The molecule has 1 amide bonds. The van der Waals surface area contributed by atoms with Crippen LogP contribution >= 0.6 is 0 Å². The average Bonchev–Trinajstić information content (AvgIpc) is 2.14. The lowest BCUT2D eigenvalue weighted by Gasteiger charge is -2.28. The maximum absolute atomic E-state index is 11.8. The number of carboxylic acids is 1. The Hall–Kier alpha value is -1.10. The molecular formula is C12H24N2O3. The van der Waals surface area contributed by atoms with Crippen molar-refractivity contribution >= 4 is 11.9 Å². The smallest absolute Gasteiger partial charge is 0.305 e. The zero-order valence-electron chi connectivity index (χ0n) is 11.1. The largest absolute Gasteiger partial charge is 0.481 e. The van der Waals surface area contributed by atoms with Crippen LogP contribution in [0.15, 0.2) is 0 Å². The second-order valence-electron chi connectivity index (χ2n) is 5.44. The number of amides is 1. The van der Waals surface area contributed by atoms with E-state index in [1.54, 1.807) is 0 Å². The molecule has 100 valence electrons. The standard InChI is InChI=1S/C12H24N2O3/c1-5-6-8(7-9(15)16)14-11(17)10(13)12(2,3)4/h8,10H,5-7,13H2,1-4H3,(H,14,17)(H,15,16)/t8?,10-/m1/s1. The zero-order valence-corrected chi connectivity index (χ0v) is 11.1. The summed E-state index contributed by atoms with van der Waals surface area (Å²) in [6.07, 6.45) is 1.41. The van der Waals surface area contributed by atoms with Crippen LogP contribution in [-0.4, -0.2) is 29.1 Å². The van der Waals surface area contributed by atoms with Gasteiger partial charge in [-0.3, -0.25) is 9.59 Å². The average molecular weight is 244 g/mol. The Kier molecular flexibility index (Phi) is 6.16. The molecule has 0 saturated heterocycles. The summed E-state index contributed by atoms with van der Waals surface area (Å²) in [6, 6.07) is -0.964. The lowest BCUT2D eigenvalue weighted by molar-refractivity contribution is -0.137. The van der Waals surface area contributed by atoms with Crippen LogP contribution in [0.1, 0.15) is 47.0 Å². The first-order valence-corrected chi connectivity index (χ1v) is 5.96. The molecule has 2 atom stereocenters. The van der Waals surface area contributed by atoms with Gasteiger partial charge in [-0.25, -0.2) is 0 Å². The first-order valence-electron chi connectivity index (χ1n) is 5.96. The van der Waals surface area contributed by atoms with E-state index in [0.717, 1.165) is 6.42 Å². The van der Waals surface area contributed by atoms with Crippen LogP contribution in [0.4, 0.5) is 0 Å². The van der Waals surface area contributed by atoms with Crippen molar-refractivity contribution < 1.29 is 14.7 Å². The van der Waals surface area contributed by atoms with Crippen molar-refractivity contribution in [2.75, 3.05) is 0 Å². The molecule has 0 bridgehead atoms. The molecule has 0 aliphatic heterocycles. The van der Waals surface area contributed by atoms with Gasteiger partial charge < -0.3 is 16.2 Å². The summed E-state index contributed by atoms with van der Waals surface area (Å²) < 4.78 is 0. The fourth-order valence-electron chi connectivity index (χ4n) is 1.47. The highest BCUT2D eigenvalue weighted by Crippen LogP contribution is 2.17. The summed E-state index contributed by atoms with van der Waals surface area (Å²) in [7, 11) is 0. The van der Waals surface area contributed by atoms with Gasteiger partial charge >= 0.3 is 5.97 Å². The molecule has 17 heavy (non-hydrogen) atoms. The van der Waals surface area contributed by atoms with E-state index in [4.69, 9.17) is 10.8 Å². The molecule has 5 nitrogen and oxygen atoms in total. The number of hydrogen-bond donors (Lipinski definition) is 3. The number of nitrogens with one attached hydrogen (secondary N) is 1. The number of carbonyl (C=O) groups is 2. The normalized spacial score (nSPS) is 15.1. The third kappa shape index (κ3) is 6.26. The van der Waals surface area contributed by atoms with Crippen molar-refractivity contribution in [2.24, 2.45) is 11.1 Å². The Morgan fingerprint density at radius 1 is 1.35 bits per heavy atom. The third-order valence-electron chi connectivity index (χ3n) is 2.62. The Morgan fingerprint density at radius 2 is 1.88 bits per heavy atom. The summed E-state index contributed by atoms with van der Waals surface area (Å²) in [4.78, 5) is 22.5. The molecule has 0 saturated carbocycles. The molecule has 0 radical (unpaired) electrons. The second-order valence-corrected chi connectivity index (χ2v) is 5.44. The number of carbonyl (C=O) groups excluding carboxylic acids is 1. The Bertz CT molecular complexity index is 271. The zero-order chi connectivity index (χ0) is 13.6. The molecule has 5 heteroatoms. The molecule has 0 fully saturated rings. The van der Waals surface area contributed by atoms with Gasteiger partial charge in [0.15, 0.2) is 0 Å². The van der Waals surface area contributed by atoms with Crippen molar-refractivity contribution in [1.82, 2.24) is 5.32 Å². The predicted octanol–water partition coefficient (Wildman–Crippen LogP) is 1.12. The van der Waals surface area contributed by atoms with E-state index < -0.39 is 12.0 Å². The van der Waals surface area contributed by atoms with Crippen molar-refractivity contribution in [3.05, 3.63) is 0 Å². The number of nitrogens with two attached hydrogens (primary N) is 1. The minimum atomic E-state index is -0.909. The lowest BCUT2D eigenvalue weighted by atomic mass is 9.86. The molecule has 0 aromatic carbocycles. The third-order valence-corrected chi connectivity index (χ3v) is 2.62. The summed E-state index contributed by atoms with van der Waals surface area (Å²) in [5.74, 6) is -1.19. The van der Waals surface area contributed by atoms with Gasteiger partial charge in [0, 0.05) is 6.04 Å². The Balaban J connectivity index is 4.44. The van der Waals surface area contributed by atoms with E-state index in [2.05, 4.69) is 5.32 Å². The summed E-state index contributed by atoms with van der Waals surface area (Å²) in [6.45, 7) is 7.58. The van der Waals surface area contributed by atoms with Crippen LogP contribution in [0.2, 0.25) is 0 Å². The number of hydrogen-bond acceptors (Lipinski definition) is 3. The van der Waals surface area contributed by atoms with E-state index >= 15 is 0 Å². The minimum Gasteiger partial charge on any atom is -0.481 e. The number of carboxylic acid groups (broad SMARTS) is 1. The minimum absolute atomic E-state index is 0.0591. The lowest BCUT2D eigenvalue weighted by Crippen LogP contribution is -2.51. The maximum atomic E-state index is 11.8. The Labute approximate surface area is 103 Å². The molecule has 0 aliphatic rings. The van der Waals surface area contributed by atoms with Crippen LogP contribution in [0, 0.1) is 5.41 Å². The van der Waals surface area contributed by atoms with E-state index in [0.29, 0.717) is 6.42 Å². The number of rotatable bonds is 6. The first kappa shape index (κ1) is 15.9. The summed E-state index contributed by atoms with van der Waals surface area (Å²) >= 11 is 0. The van der Waals surface area contributed by atoms with Gasteiger partial charge in [0.25, 0.3) is 0 Å². The van der Waals surface area contributed by atoms with Crippen molar-refractivity contribution in [3.63, 3.8) is 0 Å². The van der Waals surface area contributed by atoms with E-state index in [9.17, 15) is 9.59 Å². The highest BCUT2D eigenvalue weighted by molar-refractivity contribution is 5.83. The van der Waals surface area contributed by atoms with Gasteiger partial charge in [-0.05, 0) is 11.8 Å². The van der Waals surface area contributed by atoms with Gasteiger partial charge in [-0.2, -0.15) is 0 Å². The second kappa shape index (κ2) is 6.59. The van der Waals surface area contributed by atoms with E-state index in [1.807, 2.05) is 27.7 Å². The Morgan fingerprint density at radius 3 is 2.24 bits per heavy atom. The van der Waals surface area contributed by atoms with E-state index in [1.165, 1.54) is 0 Å². The van der Waals surface area contributed by atoms with Crippen LogP contribution in [0.3, 0.4) is 0 Å². The van der Waals surface area contributed by atoms with E-state index in [-0.39, 0.29) is 23.8 Å². The predicted molar refractivity (Wildman–Crippen MR) is 66.5 cm³/mol. The quantitative estimate of drug-likeness (QED) is 0.652. The molecule has 1 unspecified atom stereocenters. The first-order chi connectivity index (χ1) is 7.68. The van der Waals surface area contributed by atoms with Crippen molar-refractivity contribution in [2.45, 2.75) is 59.0 Å². The fourth-order valence-corrected chi connectivity index (χ4v) is 1.47. The number of aliphatic carboxylic acids is 1. The molecular weight excluding hydrogens is 220 g/mol. The molecule has 0 aromatic heterocycles. The van der Waals surface area contributed by atoms with Crippen LogP contribution in [0.5, 0.6) is 0 Å². The van der Waals surface area contributed by atoms with Gasteiger partial charge in [-0.1, -0.05) is 34.1 Å². The molecule has 0 aliphatic carbocycles. The molecule has 0 rings (SSSR count). The molecule has 0 spiro atoms. The van der Waals surface area contributed by atoms with Gasteiger partial charge in [0.1, 0.15) is 0 Å². The monoisotopic (exact) mass is 244 g/mol. The van der Waals surface area contributed by atoms with Crippen molar-refractivity contribution in [1.29, 1.82) is 0 Å². The fraction of sp³-hybridized carbons (Fsp3) is 0.833. The molecule has 4 N–H and O–H groups in total.